The molecule has 0 radical (unpaired) electrons. The van der Waals surface area contributed by atoms with Crippen molar-refractivity contribution in [2.75, 3.05) is 25.0 Å². The molecule has 26 heavy (non-hydrogen) atoms. The number of aliphatic hydroxyl groups excluding tert-OH is 1. The van der Waals surface area contributed by atoms with E-state index in [1.54, 1.807) is 25.2 Å². The molecular formula is C20H25ClF2N2O. The number of anilines is 1. The van der Waals surface area contributed by atoms with Gasteiger partial charge in [0.25, 0.3) is 0 Å². The van der Waals surface area contributed by atoms with Crippen LogP contribution in [-0.2, 0) is 5.41 Å². The highest BCUT2D eigenvalue weighted by molar-refractivity contribution is 5.85. The third-order valence-corrected chi connectivity index (χ3v) is 4.87. The first kappa shape index (κ1) is 20.6. The summed E-state index contributed by atoms with van der Waals surface area (Å²) in [6.45, 7) is 4.98. The van der Waals surface area contributed by atoms with E-state index in [1.165, 1.54) is 18.2 Å². The Labute approximate surface area is 159 Å². The molecular weight excluding hydrogens is 358 g/mol. The van der Waals surface area contributed by atoms with Gasteiger partial charge in [-0.25, -0.2) is 8.78 Å². The largest absolute Gasteiger partial charge is 0.389 e. The van der Waals surface area contributed by atoms with E-state index in [9.17, 15) is 13.9 Å². The third kappa shape index (κ3) is 3.70. The summed E-state index contributed by atoms with van der Waals surface area (Å²) < 4.78 is 28.5. The molecule has 1 heterocycles. The van der Waals surface area contributed by atoms with E-state index in [0.717, 1.165) is 5.56 Å². The molecule has 2 aromatic carbocycles. The van der Waals surface area contributed by atoms with E-state index in [0.29, 0.717) is 24.3 Å². The molecule has 0 bridgehead atoms. The lowest BCUT2D eigenvalue weighted by Gasteiger charge is -2.35. The molecule has 142 valence electrons. The number of rotatable bonds is 5. The van der Waals surface area contributed by atoms with Crippen LogP contribution in [0.1, 0.15) is 31.0 Å². The zero-order chi connectivity index (χ0) is 18.2. The van der Waals surface area contributed by atoms with E-state index in [-0.39, 0.29) is 29.5 Å². The van der Waals surface area contributed by atoms with Gasteiger partial charge in [0.15, 0.2) is 0 Å². The number of hydrogen-bond donors (Lipinski definition) is 2. The Hall–Kier alpha value is -1.69. The molecule has 6 heteroatoms. The Bertz CT molecular complexity index is 769. The molecule has 0 aromatic heterocycles. The lowest BCUT2D eigenvalue weighted by atomic mass is 9.87. The van der Waals surface area contributed by atoms with Crippen LogP contribution in [0.2, 0.25) is 0 Å². The maximum Gasteiger partial charge on any atom is 0.146 e. The number of aliphatic hydroxyl groups is 1. The van der Waals surface area contributed by atoms with Gasteiger partial charge in [-0.2, -0.15) is 0 Å². The maximum atomic E-state index is 14.7. The van der Waals surface area contributed by atoms with Gasteiger partial charge in [0, 0.05) is 18.5 Å². The third-order valence-electron chi connectivity index (χ3n) is 4.87. The van der Waals surface area contributed by atoms with Gasteiger partial charge in [0.05, 0.1) is 17.8 Å². The topological polar surface area (TPSA) is 35.5 Å². The van der Waals surface area contributed by atoms with E-state index in [4.69, 9.17) is 0 Å². The van der Waals surface area contributed by atoms with Crippen molar-refractivity contribution in [3.05, 3.63) is 65.2 Å². The maximum absolute atomic E-state index is 14.7. The Morgan fingerprint density at radius 3 is 2.54 bits per heavy atom. The summed E-state index contributed by atoms with van der Waals surface area (Å²) in [5.74, 6) is -0.687. The fourth-order valence-electron chi connectivity index (χ4n) is 3.80. The zero-order valence-electron chi connectivity index (χ0n) is 15.2. The highest BCUT2D eigenvalue weighted by Crippen LogP contribution is 2.46. The minimum atomic E-state index is -0.812. The van der Waals surface area contributed by atoms with Crippen molar-refractivity contribution in [2.45, 2.75) is 31.4 Å². The molecule has 2 N–H and O–H groups in total. The first-order valence-corrected chi connectivity index (χ1v) is 8.49. The zero-order valence-corrected chi connectivity index (χ0v) is 16.0. The second kappa shape index (κ2) is 7.91. The highest BCUT2D eigenvalue weighted by Gasteiger charge is 2.42. The normalized spacial score (nSPS) is 17.4. The van der Waals surface area contributed by atoms with Gasteiger partial charge in [-0.3, -0.25) is 0 Å². The van der Waals surface area contributed by atoms with Gasteiger partial charge in [-0.15, -0.1) is 12.4 Å². The number of hydrogen-bond acceptors (Lipinski definition) is 3. The average Bonchev–Trinajstić information content (AvgIpc) is 2.81. The molecule has 0 aliphatic carbocycles. The SMILES string of the molecule is CNC[C@@H](O)[C@H](c1cccc(F)c1)N1CC(C)(C)c2cccc(F)c21.Cl. The van der Waals surface area contributed by atoms with Gasteiger partial charge in [0.2, 0.25) is 0 Å². The van der Waals surface area contributed by atoms with Crippen molar-refractivity contribution >= 4 is 18.1 Å². The van der Waals surface area contributed by atoms with E-state index in [2.05, 4.69) is 19.2 Å². The quantitative estimate of drug-likeness (QED) is 0.825. The minimum Gasteiger partial charge on any atom is -0.389 e. The minimum absolute atomic E-state index is 0. The smallest absolute Gasteiger partial charge is 0.146 e. The van der Waals surface area contributed by atoms with Crippen LogP contribution in [0.3, 0.4) is 0 Å². The number of nitrogens with zero attached hydrogens (tertiary/aromatic N) is 1. The molecule has 0 saturated carbocycles. The first-order valence-electron chi connectivity index (χ1n) is 8.49. The van der Waals surface area contributed by atoms with Gasteiger partial charge in [-0.05, 0) is 36.4 Å². The molecule has 0 unspecified atom stereocenters. The second-order valence-electron chi connectivity index (χ2n) is 7.27. The molecule has 2 aromatic rings. The molecule has 0 fully saturated rings. The summed E-state index contributed by atoms with van der Waals surface area (Å²) in [6, 6.07) is 10.7. The number of nitrogens with one attached hydrogen (secondary N) is 1. The fourth-order valence-corrected chi connectivity index (χ4v) is 3.80. The van der Waals surface area contributed by atoms with Crippen LogP contribution in [0.25, 0.3) is 0 Å². The van der Waals surface area contributed by atoms with Gasteiger partial charge in [0.1, 0.15) is 11.6 Å². The lowest BCUT2D eigenvalue weighted by Crippen LogP contribution is -2.42. The number of likely N-dealkylation sites (N-methyl/N-ethyl adjacent to an activating group) is 1. The van der Waals surface area contributed by atoms with Crippen molar-refractivity contribution in [1.29, 1.82) is 0 Å². The Morgan fingerprint density at radius 2 is 1.88 bits per heavy atom. The van der Waals surface area contributed by atoms with E-state index >= 15 is 0 Å². The molecule has 0 spiro atoms. The van der Waals surface area contributed by atoms with Gasteiger partial charge >= 0.3 is 0 Å². The number of halogens is 3. The molecule has 1 aliphatic rings. The van der Waals surface area contributed by atoms with Crippen LogP contribution in [0.15, 0.2) is 42.5 Å². The van der Waals surface area contributed by atoms with Crippen LogP contribution in [0.5, 0.6) is 0 Å². The Kier molecular flexibility index (Phi) is 6.27. The Balaban J connectivity index is 0.00000243. The van der Waals surface area contributed by atoms with Gasteiger partial charge in [-0.1, -0.05) is 38.1 Å². The van der Waals surface area contributed by atoms with Gasteiger partial charge < -0.3 is 15.3 Å². The lowest BCUT2D eigenvalue weighted by molar-refractivity contribution is 0.139. The average molecular weight is 383 g/mol. The summed E-state index contributed by atoms with van der Waals surface area (Å²) in [5.41, 5.74) is 1.78. The van der Waals surface area contributed by atoms with Crippen molar-refractivity contribution in [2.24, 2.45) is 0 Å². The monoisotopic (exact) mass is 382 g/mol. The molecule has 0 saturated heterocycles. The summed E-state index contributed by atoms with van der Waals surface area (Å²) in [7, 11) is 1.74. The van der Waals surface area contributed by atoms with Crippen molar-refractivity contribution in [3.8, 4) is 0 Å². The number of benzene rings is 2. The molecule has 0 amide bonds. The predicted molar refractivity (Wildman–Crippen MR) is 103 cm³/mol. The molecule has 3 rings (SSSR count). The predicted octanol–water partition coefficient (Wildman–Crippen LogP) is 3.81. The van der Waals surface area contributed by atoms with Crippen LogP contribution in [0.4, 0.5) is 14.5 Å². The fraction of sp³-hybridized carbons (Fsp3) is 0.400. The first-order chi connectivity index (χ1) is 11.8. The Morgan fingerprint density at radius 1 is 1.19 bits per heavy atom. The number of para-hydroxylation sites is 1. The standard InChI is InChI=1S/C20H24F2N2O.ClH/c1-20(2)12-24(19-15(20)8-5-9-16(19)22)18(17(25)11-23-3)13-6-4-7-14(21)10-13;/h4-10,17-18,23,25H,11-12H2,1-3H3;1H/t17-,18+;/m1./s1. The van der Waals surface area contributed by atoms with E-state index in [1.807, 2.05) is 11.0 Å². The molecule has 1 aliphatic heterocycles. The highest BCUT2D eigenvalue weighted by atomic mass is 35.5. The molecule has 2 atom stereocenters. The van der Waals surface area contributed by atoms with Crippen molar-refractivity contribution in [1.82, 2.24) is 5.32 Å². The van der Waals surface area contributed by atoms with Crippen LogP contribution in [0, 0.1) is 11.6 Å². The summed E-state index contributed by atoms with van der Waals surface area (Å²) in [4.78, 5) is 1.88. The van der Waals surface area contributed by atoms with Crippen molar-refractivity contribution < 1.29 is 13.9 Å². The van der Waals surface area contributed by atoms with Crippen LogP contribution >= 0.6 is 12.4 Å². The second-order valence-corrected chi connectivity index (χ2v) is 7.27. The van der Waals surface area contributed by atoms with Crippen molar-refractivity contribution in [3.63, 3.8) is 0 Å². The number of fused-ring (bicyclic) bond motifs is 1. The summed E-state index contributed by atoms with van der Waals surface area (Å²) in [6.07, 6.45) is -0.812. The molecule has 3 nitrogen and oxygen atoms in total. The van der Waals surface area contributed by atoms with Crippen LogP contribution in [-0.4, -0.2) is 31.3 Å². The van der Waals surface area contributed by atoms with Crippen LogP contribution < -0.4 is 10.2 Å². The summed E-state index contributed by atoms with van der Waals surface area (Å²) in [5, 5.41) is 13.7. The van der Waals surface area contributed by atoms with E-state index < -0.39 is 12.1 Å². The summed E-state index contributed by atoms with van der Waals surface area (Å²) >= 11 is 0.